The van der Waals surface area contributed by atoms with E-state index in [4.69, 9.17) is 31.5 Å². The van der Waals surface area contributed by atoms with Crippen molar-refractivity contribution in [2.24, 2.45) is 0 Å². The van der Waals surface area contributed by atoms with Gasteiger partial charge in [0.15, 0.2) is 17.2 Å². The lowest BCUT2D eigenvalue weighted by atomic mass is 10.2. The third kappa shape index (κ3) is 2.64. The summed E-state index contributed by atoms with van der Waals surface area (Å²) in [5, 5.41) is 0.494. The van der Waals surface area contributed by atoms with Crippen molar-refractivity contribution in [3.63, 3.8) is 0 Å². The third-order valence-electron chi connectivity index (χ3n) is 2.79. The Morgan fingerprint density at radius 1 is 1.05 bits per heavy atom. The van der Waals surface area contributed by atoms with E-state index in [9.17, 15) is 0 Å². The standard InChI is InChI=1S/C14H11BrClNO3/c15-8-1-2-11(9(16)5-8)20-12-7-14-13(6-10(12)17)18-3-4-19-14/h1-2,5-7H,3-4,17H2. The van der Waals surface area contributed by atoms with Gasteiger partial charge in [0, 0.05) is 16.6 Å². The molecule has 2 aromatic rings. The zero-order valence-corrected chi connectivity index (χ0v) is 12.7. The van der Waals surface area contributed by atoms with Crippen molar-refractivity contribution in [3.05, 3.63) is 39.8 Å². The summed E-state index contributed by atoms with van der Waals surface area (Å²) >= 11 is 9.47. The second-order valence-corrected chi connectivity index (χ2v) is 5.53. The third-order valence-corrected chi connectivity index (χ3v) is 3.58. The fraction of sp³-hybridized carbons (Fsp3) is 0.143. The van der Waals surface area contributed by atoms with Gasteiger partial charge < -0.3 is 19.9 Å². The lowest BCUT2D eigenvalue weighted by molar-refractivity contribution is 0.171. The van der Waals surface area contributed by atoms with Crippen LogP contribution in [0.5, 0.6) is 23.0 Å². The topological polar surface area (TPSA) is 53.7 Å². The number of halogens is 2. The fourth-order valence-corrected chi connectivity index (χ4v) is 2.56. The highest BCUT2D eigenvalue weighted by Gasteiger charge is 2.16. The molecule has 0 fully saturated rings. The van der Waals surface area contributed by atoms with Gasteiger partial charge in [-0.1, -0.05) is 27.5 Å². The van der Waals surface area contributed by atoms with Gasteiger partial charge in [-0.25, -0.2) is 0 Å². The maximum atomic E-state index is 6.12. The van der Waals surface area contributed by atoms with Crippen molar-refractivity contribution < 1.29 is 14.2 Å². The smallest absolute Gasteiger partial charge is 0.165 e. The average molecular weight is 357 g/mol. The molecule has 1 aliphatic heterocycles. The Bertz CT molecular complexity index is 663. The molecule has 0 unspecified atom stereocenters. The Morgan fingerprint density at radius 2 is 1.75 bits per heavy atom. The molecule has 6 heteroatoms. The van der Waals surface area contributed by atoms with Crippen molar-refractivity contribution in [2.75, 3.05) is 18.9 Å². The number of hydrogen-bond donors (Lipinski definition) is 1. The van der Waals surface area contributed by atoms with E-state index in [1.807, 2.05) is 6.07 Å². The Kier molecular flexibility index (Phi) is 3.63. The fourth-order valence-electron chi connectivity index (χ4n) is 1.85. The zero-order valence-electron chi connectivity index (χ0n) is 10.4. The lowest BCUT2D eigenvalue weighted by Crippen LogP contribution is -2.15. The van der Waals surface area contributed by atoms with Crippen molar-refractivity contribution >= 4 is 33.2 Å². The predicted octanol–water partition coefficient (Wildman–Crippen LogP) is 4.25. The summed E-state index contributed by atoms with van der Waals surface area (Å²) in [5.41, 5.74) is 6.43. The van der Waals surface area contributed by atoms with Gasteiger partial charge in [-0.2, -0.15) is 0 Å². The van der Waals surface area contributed by atoms with Gasteiger partial charge in [0.1, 0.15) is 19.0 Å². The minimum Gasteiger partial charge on any atom is -0.486 e. The molecule has 0 aliphatic carbocycles. The lowest BCUT2D eigenvalue weighted by Gasteiger charge is -2.20. The molecule has 0 aromatic heterocycles. The van der Waals surface area contributed by atoms with Crippen molar-refractivity contribution in [1.29, 1.82) is 0 Å². The second-order valence-electron chi connectivity index (χ2n) is 4.21. The number of rotatable bonds is 2. The van der Waals surface area contributed by atoms with Crippen LogP contribution in [0.2, 0.25) is 5.02 Å². The molecule has 1 heterocycles. The molecule has 2 aromatic carbocycles. The molecule has 0 spiro atoms. The summed E-state index contributed by atoms with van der Waals surface area (Å²) in [7, 11) is 0. The number of fused-ring (bicyclic) bond motifs is 1. The van der Waals surface area contributed by atoms with E-state index in [0.29, 0.717) is 46.9 Å². The summed E-state index contributed by atoms with van der Waals surface area (Å²) in [6, 6.07) is 8.77. The first-order valence-corrected chi connectivity index (χ1v) is 7.12. The highest BCUT2D eigenvalue weighted by atomic mass is 79.9. The van der Waals surface area contributed by atoms with E-state index in [2.05, 4.69) is 15.9 Å². The quantitative estimate of drug-likeness (QED) is 0.817. The van der Waals surface area contributed by atoms with Crippen LogP contribution in [-0.4, -0.2) is 13.2 Å². The first kappa shape index (κ1) is 13.4. The predicted molar refractivity (Wildman–Crippen MR) is 81.1 cm³/mol. The number of nitrogen functional groups attached to an aromatic ring is 1. The molecule has 1 aliphatic rings. The molecule has 0 radical (unpaired) electrons. The molecule has 3 rings (SSSR count). The molecule has 20 heavy (non-hydrogen) atoms. The Balaban J connectivity index is 1.94. The Hall–Kier alpha value is -1.59. The summed E-state index contributed by atoms with van der Waals surface area (Å²) in [6.07, 6.45) is 0. The Labute approximate surface area is 129 Å². The molecule has 0 atom stereocenters. The normalized spacial score (nSPS) is 13.1. The van der Waals surface area contributed by atoms with Crippen LogP contribution in [0.3, 0.4) is 0 Å². The van der Waals surface area contributed by atoms with E-state index < -0.39 is 0 Å². The molecule has 4 nitrogen and oxygen atoms in total. The summed E-state index contributed by atoms with van der Waals surface area (Å²) in [6.45, 7) is 1.03. The van der Waals surface area contributed by atoms with E-state index in [1.165, 1.54) is 0 Å². The molecule has 104 valence electrons. The van der Waals surface area contributed by atoms with Crippen LogP contribution in [0, 0.1) is 0 Å². The van der Waals surface area contributed by atoms with Gasteiger partial charge in [0.05, 0.1) is 10.7 Å². The second kappa shape index (κ2) is 5.42. The molecule has 0 amide bonds. The maximum Gasteiger partial charge on any atom is 0.165 e. The molecule has 2 N–H and O–H groups in total. The minimum absolute atomic E-state index is 0.466. The van der Waals surface area contributed by atoms with Gasteiger partial charge in [0.2, 0.25) is 0 Å². The molecule has 0 bridgehead atoms. The van der Waals surface area contributed by atoms with Crippen LogP contribution in [0.4, 0.5) is 5.69 Å². The van der Waals surface area contributed by atoms with Crippen molar-refractivity contribution in [2.45, 2.75) is 0 Å². The first-order chi connectivity index (χ1) is 9.63. The largest absolute Gasteiger partial charge is 0.486 e. The summed E-state index contributed by atoms with van der Waals surface area (Å²) in [4.78, 5) is 0. The van der Waals surface area contributed by atoms with E-state index in [0.717, 1.165) is 4.47 Å². The van der Waals surface area contributed by atoms with Crippen LogP contribution >= 0.6 is 27.5 Å². The van der Waals surface area contributed by atoms with E-state index in [1.54, 1.807) is 24.3 Å². The number of benzene rings is 2. The van der Waals surface area contributed by atoms with Gasteiger partial charge in [-0.05, 0) is 18.2 Å². The SMILES string of the molecule is Nc1cc2c(cc1Oc1ccc(Br)cc1Cl)OCCO2. The highest BCUT2D eigenvalue weighted by Crippen LogP contribution is 2.41. The summed E-state index contributed by atoms with van der Waals surface area (Å²) in [5.74, 6) is 2.26. The number of ether oxygens (including phenoxy) is 3. The molecule has 0 saturated carbocycles. The van der Waals surface area contributed by atoms with Gasteiger partial charge in [0.25, 0.3) is 0 Å². The van der Waals surface area contributed by atoms with Crippen molar-refractivity contribution in [3.8, 4) is 23.0 Å². The number of nitrogens with two attached hydrogens (primary N) is 1. The van der Waals surface area contributed by atoms with Crippen LogP contribution in [0.1, 0.15) is 0 Å². The van der Waals surface area contributed by atoms with Crippen LogP contribution in [0.25, 0.3) is 0 Å². The maximum absolute atomic E-state index is 6.12. The van der Waals surface area contributed by atoms with Crippen LogP contribution in [0.15, 0.2) is 34.8 Å². The van der Waals surface area contributed by atoms with E-state index in [-0.39, 0.29) is 0 Å². The van der Waals surface area contributed by atoms with Gasteiger partial charge >= 0.3 is 0 Å². The van der Waals surface area contributed by atoms with Gasteiger partial charge in [-0.3, -0.25) is 0 Å². The molecular weight excluding hydrogens is 346 g/mol. The van der Waals surface area contributed by atoms with Crippen LogP contribution in [-0.2, 0) is 0 Å². The van der Waals surface area contributed by atoms with Crippen molar-refractivity contribution in [1.82, 2.24) is 0 Å². The minimum atomic E-state index is 0.466. The van der Waals surface area contributed by atoms with Gasteiger partial charge in [-0.15, -0.1) is 0 Å². The number of hydrogen-bond acceptors (Lipinski definition) is 4. The van der Waals surface area contributed by atoms with E-state index >= 15 is 0 Å². The monoisotopic (exact) mass is 355 g/mol. The Morgan fingerprint density at radius 3 is 2.45 bits per heavy atom. The molecule has 0 saturated heterocycles. The average Bonchev–Trinajstić information content (AvgIpc) is 2.42. The summed E-state index contributed by atoms with van der Waals surface area (Å²) < 4.78 is 17.6. The first-order valence-electron chi connectivity index (χ1n) is 5.95. The highest BCUT2D eigenvalue weighted by molar-refractivity contribution is 9.10. The van der Waals surface area contributed by atoms with Crippen LogP contribution < -0.4 is 19.9 Å². The number of anilines is 1. The zero-order chi connectivity index (χ0) is 14.1. The molecular formula is C14H11BrClNO3.